The van der Waals surface area contributed by atoms with Crippen molar-refractivity contribution in [1.29, 1.82) is 0 Å². The molecule has 1 aliphatic heterocycles. The smallest absolute Gasteiger partial charge is 0.0993 e. The molecule has 2 aromatic rings. The standard InChI is InChI=1S/C23H26ClN3O2/c1-17(19-7-2-3-9-21(19)24)20(8-4-10-25)23(28)22(18-6-5-11-26-16-18)27-12-14-29-15-13-27/h2-11,16,22-23,28H,1,12-15,25H2/b10-4-,20-8+/t22-,23+/m0/s1. The van der Waals surface area contributed by atoms with Gasteiger partial charge < -0.3 is 15.6 Å². The van der Waals surface area contributed by atoms with E-state index in [1.807, 2.05) is 36.4 Å². The van der Waals surface area contributed by atoms with Gasteiger partial charge in [0.15, 0.2) is 0 Å². The van der Waals surface area contributed by atoms with Gasteiger partial charge in [0.25, 0.3) is 0 Å². The molecular formula is C23H26ClN3O2. The molecule has 1 aromatic heterocycles. The van der Waals surface area contributed by atoms with Crippen molar-refractivity contribution >= 4 is 17.2 Å². The first kappa shape index (κ1) is 21.3. The number of allylic oxidation sites excluding steroid dienone is 2. The highest BCUT2D eigenvalue weighted by atomic mass is 35.5. The fourth-order valence-corrected chi connectivity index (χ4v) is 3.82. The molecule has 29 heavy (non-hydrogen) atoms. The van der Waals surface area contributed by atoms with E-state index >= 15 is 0 Å². The van der Waals surface area contributed by atoms with Crippen molar-refractivity contribution in [2.75, 3.05) is 26.3 Å². The van der Waals surface area contributed by atoms with Crippen LogP contribution in [0.5, 0.6) is 0 Å². The Hall–Kier alpha value is -2.44. The zero-order valence-corrected chi connectivity index (χ0v) is 17.0. The van der Waals surface area contributed by atoms with Crippen LogP contribution < -0.4 is 5.73 Å². The van der Waals surface area contributed by atoms with Gasteiger partial charge in [-0.05, 0) is 41.1 Å². The van der Waals surface area contributed by atoms with Gasteiger partial charge in [0.2, 0.25) is 0 Å². The number of halogens is 1. The number of hydrogen-bond donors (Lipinski definition) is 2. The molecule has 3 rings (SSSR count). The molecule has 0 bridgehead atoms. The molecule has 2 heterocycles. The SMILES string of the molecule is C=C(/C(=C\C=C/N)[C@@H](O)[C@H](c1cccnc1)N1CCOCC1)c1ccccc1Cl. The summed E-state index contributed by atoms with van der Waals surface area (Å²) in [6.07, 6.45) is 7.57. The summed E-state index contributed by atoms with van der Waals surface area (Å²) in [6.45, 7) is 6.91. The van der Waals surface area contributed by atoms with Crippen LogP contribution in [0.3, 0.4) is 0 Å². The first-order valence-corrected chi connectivity index (χ1v) is 9.93. The summed E-state index contributed by atoms with van der Waals surface area (Å²) < 4.78 is 5.51. The lowest BCUT2D eigenvalue weighted by Crippen LogP contribution is -2.44. The highest BCUT2D eigenvalue weighted by Gasteiger charge is 2.32. The molecule has 0 saturated carbocycles. The van der Waals surface area contributed by atoms with Gasteiger partial charge in [-0.15, -0.1) is 0 Å². The van der Waals surface area contributed by atoms with Gasteiger partial charge in [-0.25, -0.2) is 0 Å². The van der Waals surface area contributed by atoms with Crippen LogP contribution in [0, 0.1) is 0 Å². The number of aliphatic hydroxyl groups excluding tert-OH is 1. The Bertz CT molecular complexity index is 877. The zero-order valence-electron chi connectivity index (χ0n) is 16.2. The van der Waals surface area contributed by atoms with Gasteiger partial charge in [-0.1, -0.05) is 48.5 Å². The van der Waals surface area contributed by atoms with Crippen molar-refractivity contribution in [2.24, 2.45) is 5.73 Å². The summed E-state index contributed by atoms with van der Waals surface area (Å²) in [6, 6.07) is 11.0. The monoisotopic (exact) mass is 411 g/mol. The lowest BCUT2D eigenvalue weighted by atomic mass is 9.88. The number of hydrogen-bond acceptors (Lipinski definition) is 5. The number of ether oxygens (including phenoxy) is 1. The van der Waals surface area contributed by atoms with Crippen LogP contribution in [0.4, 0.5) is 0 Å². The van der Waals surface area contributed by atoms with Crippen LogP contribution in [-0.2, 0) is 4.74 Å². The molecular weight excluding hydrogens is 386 g/mol. The maximum atomic E-state index is 11.6. The molecule has 0 radical (unpaired) electrons. The third-order valence-electron chi connectivity index (χ3n) is 5.02. The van der Waals surface area contributed by atoms with Crippen molar-refractivity contribution in [1.82, 2.24) is 9.88 Å². The van der Waals surface area contributed by atoms with Crippen molar-refractivity contribution in [3.63, 3.8) is 0 Å². The summed E-state index contributed by atoms with van der Waals surface area (Å²) in [5, 5.41) is 12.1. The fourth-order valence-electron chi connectivity index (χ4n) is 3.57. The Morgan fingerprint density at radius 1 is 1.24 bits per heavy atom. The highest BCUT2D eigenvalue weighted by molar-refractivity contribution is 6.32. The molecule has 5 nitrogen and oxygen atoms in total. The Morgan fingerprint density at radius 3 is 2.66 bits per heavy atom. The van der Waals surface area contributed by atoms with Gasteiger partial charge in [-0.2, -0.15) is 0 Å². The molecule has 1 fully saturated rings. The van der Waals surface area contributed by atoms with Crippen LogP contribution in [0.2, 0.25) is 5.02 Å². The Balaban J connectivity index is 2.02. The van der Waals surface area contributed by atoms with E-state index in [0.717, 1.165) is 24.2 Å². The molecule has 0 aliphatic carbocycles. The zero-order chi connectivity index (χ0) is 20.6. The molecule has 1 aromatic carbocycles. The van der Waals surface area contributed by atoms with E-state index in [9.17, 15) is 5.11 Å². The number of aromatic nitrogens is 1. The van der Waals surface area contributed by atoms with Crippen LogP contribution in [0.25, 0.3) is 5.57 Å². The minimum absolute atomic E-state index is 0.302. The van der Waals surface area contributed by atoms with Gasteiger partial charge in [0, 0.05) is 36.1 Å². The number of morpholine rings is 1. The van der Waals surface area contributed by atoms with E-state index in [-0.39, 0.29) is 6.04 Å². The second-order valence-electron chi connectivity index (χ2n) is 6.79. The third kappa shape index (κ3) is 5.14. The molecule has 6 heteroatoms. The van der Waals surface area contributed by atoms with Crippen LogP contribution in [0.1, 0.15) is 17.2 Å². The van der Waals surface area contributed by atoms with E-state index in [2.05, 4.69) is 16.5 Å². The van der Waals surface area contributed by atoms with Gasteiger partial charge in [0.05, 0.1) is 25.4 Å². The second-order valence-corrected chi connectivity index (χ2v) is 7.20. The summed E-state index contributed by atoms with van der Waals surface area (Å²) in [5.41, 5.74) is 8.59. The van der Waals surface area contributed by atoms with E-state index in [0.29, 0.717) is 29.4 Å². The van der Waals surface area contributed by atoms with E-state index < -0.39 is 6.10 Å². The molecule has 0 spiro atoms. The topological polar surface area (TPSA) is 71.6 Å². The maximum Gasteiger partial charge on any atom is 0.0993 e. The normalized spacial score (nSPS) is 17.9. The second kappa shape index (κ2) is 10.4. The van der Waals surface area contributed by atoms with E-state index in [4.69, 9.17) is 22.1 Å². The molecule has 0 unspecified atom stereocenters. The predicted molar refractivity (Wildman–Crippen MR) is 117 cm³/mol. The van der Waals surface area contributed by atoms with Crippen LogP contribution in [0.15, 0.2) is 79.3 Å². The van der Waals surface area contributed by atoms with Crippen LogP contribution >= 0.6 is 11.6 Å². The Labute approximate surface area is 176 Å². The first-order chi connectivity index (χ1) is 14.1. The maximum absolute atomic E-state index is 11.6. The van der Waals surface area contributed by atoms with Gasteiger partial charge >= 0.3 is 0 Å². The van der Waals surface area contributed by atoms with Gasteiger partial charge in [0.1, 0.15) is 0 Å². The highest BCUT2D eigenvalue weighted by Crippen LogP contribution is 2.36. The van der Waals surface area contributed by atoms with Crippen molar-refractivity contribution in [3.8, 4) is 0 Å². The number of aliphatic hydroxyl groups is 1. The number of rotatable bonds is 7. The summed E-state index contributed by atoms with van der Waals surface area (Å²) in [5.74, 6) is 0. The molecule has 152 valence electrons. The lowest BCUT2D eigenvalue weighted by molar-refractivity contribution is -0.0131. The minimum Gasteiger partial charge on any atom is -0.405 e. The number of nitrogens with two attached hydrogens (primary N) is 1. The third-order valence-corrected chi connectivity index (χ3v) is 5.35. The molecule has 1 saturated heterocycles. The summed E-state index contributed by atoms with van der Waals surface area (Å²) in [7, 11) is 0. The van der Waals surface area contributed by atoms with E-state index in [1.165, 1.54) is 6.20 Å². The molecule has 2 atom stereocenters. The van der Waals surface area contributed by atoms with Crippen molar-refractivity contribution in [2.45, 2.75) is 12.1 Å². The number of nitrogens with zero attached hydrogens (tertiary/aromatic N) is 2. The first-order valence-electron chi connectivity index (χ1n) is 9.56. The van der Waals surface area contributed by atoms with Gasteiger partial charge in [-0.3, -0.25) is 9.88 Å². The lowest BCUT2D eigenvalue weighted by Gasteiger charge is -2.38. The number of benzene rings is 1. The quantitative estimate of drug-likeness (QED) is 0.681. The number of pyridine rings is 1. The Morgan fingerprint density at radius 2 is 2.00 bits per heavy atom. The van der Waals surface area contributed by atoms with Crippen LogP contribution in [-0.4, -0.2) is 47.4 Å². The average molecular weight is 412 g/mol. The molecule has 1 aliphatic rings. The summed E-state index contributed by atoms with van der Waals surface area (Å²) in [4.78, 5) is 6.47. The minimum atomic E-state index is -0.864. The predicted octanol–water partition coefficient (Wildman–Crippen LogP) is 3.58. The van der Waals surface area contributed by atoms with E-state index in [1.54, 1.807) is 24.5 Å². The fraction of sp³-hybridized carbons (Fsp3) is 0.261. The summed E-state index contributed by atoms with van der Waals surface area (Å²) >= 11 is 6.40. The molecule has 3 N–H and O–H groups in total. The largest absolute Gasteiger partial charge is 0.405 e. The molecule has 0 amide bonds. The van der Waals surface area contributed by atoms with Crippen molar-refractivity contribution < 1.29 is 9.84 Å². The average Bonchev–Trinajstić information content (AvgIpc) is 2.76. The Kier molecular flexibility index (Phi) is 7.61. The van der Waals surface area contributed by atoms with Crippen molar-refractivity contribution in [3.05, 3.63) is 95.4 Å².